The average molecular weight is 229 g/mol. The quantitative estimate of drug-likeness (QED) is 0.703. The molecule has 0 saturated carbocycles. The SMILES string of the molecule is CC(C)OCCCN1CCC(C(=O)O)CC1. The van der Waals surface area contributed by atoms with Crippen molar-refractivity contribution in [2.24, 2.45) is 5.92 Å². The molecule has 0 bridgehead atoms. The molecule has 0 unspecified atom stereocenters. The van der Waals surface area contributed by atoms with Gasteiger partial charge < -0.3 is 14.7 Å². The van der Waals surface area contributed by atoms with Gasteiger partial charge in [-0.15, -0.1) is 0 Å². The Hall–Kier alpha value is -0.610. The van der Waals surface area contributed by atoms with Crippen molar-refractivity contribution in [1.82, 2.24) is 4.90 Å². The number of ether oxygens (including phenoxy) is 1. The van der Waals surface area contributed by atoms with Crippen molar-refractivity contribution in [3.63, 3.8) is 0 Å². The van der Waals surface area contributed by atoms with Gasteiger partial charge in [0.05, 0.1) is 12.0 Å². The Labute approximate surface area is 97.6 Å². The van der Waals surface area contributed by atoms with E-state index >= 15 is 0 Å². The number of rotatable bonds is 6. The van der Waals surface area contributed by atoms with Crippen molar-refractivity contribution in [2.75, 3.05) is 26.2 Å². The van der Waals surface area contributed by atoms with E-state index in [-0.39, 0.29) is 5.92 Å². The summed E-state index contributed by atoms with van der Waals surface area (Å²) in [5.41, 5.74) is 0. The van der Waals surface area contributed by atoms with Gasteiger partial charge in [-0.25, -0.2) is 0 Å². The van der Waals surface area contributed by atoms with Crippen LogP contribution in [0.3, 0.4) is 0 Å². The molecule has 0 spiro atoms. The van der Waals surface area contributed by atoms with E-state index in [1.807, 2.05) is 13.8 Å². The molecule has 16 heavy (non-hydrogen) atoms. The molecule has 1 saturated heterocycles. The molecule has 1 aliphatic heterocycles. The number of aliphatic carboxylic acids is 1. The van der Waals surface area contributed by atoms with Crippen LogP contribution in [-0.4, -0.2) is 48.3 Å². The van der Waals surface area contributed by atoms with Crippen LogP contribution in [-0.2, 0) is 9.53 Å². The lowest BCUT2D eigenvalue weighted by Gasteiger charge is -2.29. The fourth-order valence-corrected chi connectivity index (χ4v) is 2.01. The maximum absolute atomic E-state index is 10.8. The first-order chi connectivity index (χ1) is 7.59. The van der Waals surface area contributed by atoms with Crippen molar-refractivity contribution in [2.45, 2.75) is 39.2 Å². The van der Waals surface area contributed by atoms with Crippen LogP contribution in [0, 0.1) is 5.92 Å². The van der Waals surface area contributed by atoms with Gasteiger partial charge in [0, 0.05) is 13.2 Å². The molecule has 0 aromatic carbocycles. The highest BCUT2D eigenvalue weighted by Crippen LogP contribution is 2.17. The summed E-state index contributed by atoms with van der Waals surface area (Å²) in [5.74, 6) is -0.758. The Morgan fingerprint density at radius 2 is 2.06 bits per heavy atom. The third-order valence-corrected chi connectivity index (χ3v) is 3.01. The Morgan fingerprint density at radius 1 is 1.44 bits per heavy atom. The highest BCUT2D eigenvalue weighted by molar-refractivity contribution is 5.70. The number of carbonyl (C=O) groups is 1. The predicted octanol–water partition coefficient (Wildman–Crippen LogP) is 1.60. The number of nitrogens with zero attached hydrogens (tertiary/aromatic N) is 1. The molecule has 1 aliphatic rings. The normalized spacial score (nSPS) is 19.2. The first-order valence-electron chi connectivity index (χ1n) is 6.16. The van der Waals surface area contributed by atoms with Crippen molar-refractivity contribution < 1.29 is 14.6 Å². The number of carboxylic acid groups (broad SMARTS) is 1. The highest BCUT2D eigenvalue weighted by atomic mass is 16.5. The molecule has 1 fully saturated rings. The molecule has 4 heteroatoms. The zero-order valence-corrected chi connectivity index (χ0v) is 10.3. The van der Waals surface area contributed by atoms with Gasteiger partial charge >= 0.3 is 5.97 Å². The van der Waals surface area contributed by atoms with Gasteiger partial charge in [-0.3, -0.25) is 4.79 Å². The lowest BCUT2D eigenvalue weighted by Crippen LogP contribution is -2.37. The molecule has 1 N–H and O–H groups in total. The number of piperidine rings is 1. The van der Waals surface area contributed by atoms with E-state index in [9.17, 15) is 4.79 Å². The van der Waals surface area contributed by atoms with Gasteiger partial charge in [-0.1, -0.05) is 0 Å². The number of likely N-dealkylation sites (tertiary alicyclic amines) is 1. The lowest BCUT2D eigenvalue weighted by molar-refractivity contribution is -0.143. The van der Waals surface area contributed by atoms with Crippen LogP contribution in [0.25, 0.3) is 0 Å². The fraction of sp³-hybridized carbons (Fsp3) is 0.917. The van der Waals surface area contributed by atoms with Gasteiger partial charge in [-0.2, -0.15) is 0 Å². The van der Waals surface area contributed by atoms with E-state index in [0.29, 0.717) is 6.10 Å². The summed E-state index contributed by atoms with van der Waals surface area (Å²) in [4.78, 5) is 13.1. The van der Waals surface area contributed by atoms with Gasteiger partial charge in [0.15, 0.2) is 0 Å². The van der Waals surface area contributed by atoms with Crippen LogP contribution < -0.4 is 0 Å². The molecule has 1 rings (SSSR count). The second-order valence-corrected chi connectivity index (χ2v) is 4.73. The van der Waals surface area contributed by atoms with E-state index in [0.717, 1.165) is 45.5 Å². The Morgan fingerprint density at radius 3 is 2.56 bits per heavy atom. The maximum atomic E-state index is 10.8. The molecule has 1 heterocycles. The summed E-state index contributed by atoms with van der Waals surface area (Å²) in [5, 5.41) is 8.86. The monoisotopic (exact) mass is 229 g/mol. The predicted molar refractivity (Wildman–Crippen MR) is 62.5 cm³/mol. The second-order valence-electron chi connectivity index (χ2n) is 4.73. The summed E-state index contributed by atoms with van der Waals surface area (Å²) in [6.45, 7) is 7.74. The van der Waals surface area contributed by atoms with Crippen molar-refractivity contribution in [1.29, 1.82) is 0 Å². The number of carboxylic acids is 1. The molecule has 0 atom stereocenters. The minimum Gasteiger partial charge on any atom is -0.481 e. The van der Waals surface area contributed by atoms with Crippen LogP contribution in [0.5, 0.6) is 0 Å². The van der Waals surface area contributed by atoms with Gasteiger partial charge in [-0.05, 0) is 46.2 Å². The zero-order chi connectivity index (χ0) is 12.0. The summed E-state index contributed by atoms with van der Waals surface area (Å²) < 4.78 is 5.47. The van der Waals surface area contributed by atoms with E-state index < -0.39 is 5.97 Å². The van der Waals surface area contributed by atoms with Gasteiger partial charge in [0.25, 0.3) is 0 Å². The smallest absolute Gasteiger partial charge is 0.306 e. The first kappa shape index (κ1) is 13.5. The number of hydrogen-bond acceptors (Lipinski definition) is 3. The maximum Gasteiger partial charge on any atom is 0.306 e. The first-order valence-corrected chi connectivity index (χ1v) is 6.16. The van der Waals surface area contributed by atoms with E-state index in [4.69, 9.17) is 9.84 Å². The zero-order valence-electron chi connectivity index (χ0n) is 10.3. The average Bonchev–Trinajstić information content (AvgIpc) is 2.25. The number of hydrogen-bond donors (Lipinski definition) is 1. The topological polar surface area (TPSA) is 49.8 Å². The summed E-state index contributed by atoms with van der Waals surface area (Å²) in [6, 6.07) is 0. The molecule has 94 valence electrons. The Balaban J connectivity index is 2.06. The highest BCUT2D eigenvalue weighted by Gasteiger charge is 2.23. The molecular formula is C12H23NO3. The molecule has 4 nitrogen and oxygen atoms in total. The van der Waals surface area contributed by atoms with Crippen LogP contribution in [0.2, 0.25) is 0 Å². The third-order valence-electron chi connectivity index (χ3n) is 3.01. The van der Waals surface area contributed by atoms with Crippen molar-refractivity contribution >= 4 is 5.97 Å². The third kappa shape index (κ3) is 4.94. The Kier molecular flexibility index (Phi) is 5.77. The Bertz CT molecular complexity index is 210. The van der Waals surface area contributed by atoms with E-state index in [2.05, 4.69) is 4.90 Å². The van der Waals surface area contributed by atoms with Crippen LogP contribution in [0.1, 0.15) is 33.1 Å². The fourth-order valence-electron chi connectivity index (χ4n) is 2.01. The largest absolute Gasteiger partial charge is 0.481 e. The standard InChI is InChI=1S/C12H23NO3/c1-10(2)16-9-3-6-13-7-4-11(5-8-13)12(14)15/h10-11H,3-9H2,1-2H3,(H,14,15). The van der Waals surface area contributed by atoms with Gasteiger partial charge in [0.1, 0.15) is 0 Å². The minimum absolute atomic E-state index is 0.122. The molecule has 0 aromatic rings. The van der Waals surface area contributed by atoms with Crippen LogP contribution in [0.15, 0.2) is 0 Å². The minimum atomic E-state index is -0.636. The summed E-state index contributed by atoms with van der Waals surface area (Å²) in [6.07, 6.45) is 2.93. The van der Waals surface area contributed by atoms with Crippen LogP contribution >= 0.6 is 0 Å². The molecular weight excluding hydrogens is 206 g/mol. The molecule has 0 aromatic heterocycles. The van der Waals surface area contributed by atoms with Gasteiger partial charge in [0.2, 0.25) is 0 Å². The summed E-state index contributed by atoms with van der Waals surface area (Å²) >= 11 is 0. The molecule has 0 aliphatic carbocycles. The van der Waals surface area contributed by atoms with Crippen molar-refractivity contribution in [3.8, 4) is 0 Å². The van der Waals surface area contributed by atoms with Crippen LogP contribution in [0.4, 0.5) is 0 Å². The van der Waals surface area contributed by atoms with E-state index in [1.54, 1.807) is 0 Å². The van der Waals surface area contributed by atoms with E-state index in [1.165, 1.54) is 0 Å². The van der Waals surface area contributed by atoms with Crippen molar-refractivity contribution in [3.05, 3.63) is 0 Å². The molecule has 0 amide bonds. The second kappa shape index (κ2) is 6.86. The summed E-state index contributed by atoms with van der Waals surface area (Å²) in [7, 11) is 0. The lowest BCUT2D eigenvalue weighted by atomic mass is 9.97. The molecule has 0 radical (unpaired) electrons.